The van der Waals surface area contributed by atoms with Crippen LogP contribution < -0.4 is 14.2 Å². The molecule has 214 valence electrons. The van der Waals surface area contributed by atoms with E-state index in [0.717, 1.165) is 47.2 Å². The summed E-state index contributed by atoms with van der Waals surface area (Å²) in [5, 5.41) is 0. The highest BCUT2D eigenvalue weighted by Gasteiger charge is 2.32. The van der Waals surface area contributed by atoms with Crippen molar-refractivity contribution in [2.75, 3.05) is 20.4 Å². The highest BCUT2D eigenvalue weighted by Crippen LogP contribution is 2.39. The van der Waals surface area contributed by atoms with Crippen molar-refractivity contribution in [1.82, 2.24) is 4.90 Å². The molecular weight excluding hydrogens is 540 g/mol. The second-order valence-electron chi connectivity index (χ2n) is 10.9. The highest BCUT2D eigenvalue weighted by atomic mass is 16.7. The van der Waals surface area contributed by atoms with Crippen LogP contribution in [0.3, 0.4) is 0 Å². The van der Waals surface area contributed by atoms with E-state index in [0.29, 0.717) is 39.6 Å². The first-order chi connectivity index (χ1) is 21.0. The molecule has 1 saturated heterocycles. The summed E-state index contributed by atoms with van der Waals surface area (Å²) >= 11 is 0. The van der Waals surface area contributed by atoms with Crippen LogP contribution in [0.2, 0.25) is 0 Å². The Balaban J connectivity index is 1.15. The van der Waals surface area contributed by atoms with Gasteiger partial charge in [0.1, 0.15) is 5.75 Å². The molecule has 2 heterocycles. The van der Waals surface area contributed by atoms with Gasteiger partial charge in [-0.2, -0.15) is 0 Å². The number of hydrogen-bond acceptors (Lipinski definition) is 6. The fraction of sp³-hybridized carbons (Fsp3) is 0.194. The number of fused-ring (bicyclic) bond motifs is 4. The van der Waals surface area contributed by atoms with E-state index in [9.17, 15) is 9.59 Å². The molecule has 1 aliphatic carbocycles. The third-order valence-corrected chi connectivity index (χ3v) is 8.32. The summed E-state index contributed by atoms with van der Waals surface area (Å²) in [7, 11) is 1.59. The second-order valence-corrected chi connectivity index (χ2v) is 10.9. The average Bonchev–Trinajstić information content (AvgIpc) is 3.47. The molecule has 4 aromatic carbocycles. The van der Waals surface area contributed by atoms with Crippen molar-refractivity contribution in [1.29, 1.82) is 0 Å². The summed E-state index contributed by atoms with van der Waals surface area (Å²) in [6.07, 6.45) is 5.87. The Hall–Kier alpha value is -5.17. The average molecular weight is 571 g/mol. The second kappa shape index (κ2) is 10.9. The van der Waals surface area contributed by atoms with Crippen molar-refractivity contribution in [2.45, 2.75) is 25.8 Å². The number of hydrogen-bond donors (Lipinski definition) is 0. The first-order valence-electron chi connectivity index (χ1n) is 14.4. The molecule has 1 atom stereocenters. The first-order valence-corrected chi connectivity index (χ1v) is 14.4. The summed E-state index contributed by atoms with van der Waals surface area (Å²) in [5.74, 6) is 1.74. The molecule has 4 aromatic rings. The summed E-state index contributed by atoms with van der Waals surface area (Å²) in [6.45, 7) is 2.61. The van der Waals surface area contributed by atoms with E-state index >= 15 is 0 Å². The van der Waals surface area contributed by atoms with Crippen LogP contribution in [0.25, 0.3) is 11.6 Å². The first kappa shape index (κ1) is 26.7. The monoisotopic (exact) mass is 570 g/mol. The van der Waals surface area contributed by atoms with Gasteiger partial charge in [-0.15, -0.1) is 0 Å². The number of ether oxygens (including phenoxy) is 3. The number of rotatable bonds is 6. The van der Waals surface area contributed by atoms with E-state index in [-0.39, 0.29) is 24.5 Å². The number of aliphatic imine (C=N–C) groups is 1. The predicted octanol–water partition coefficient (Wildman–Crippen LogP) is 6.87. The van der Waals surface area contributed by atoms with E-state index in [1.807, 2.05) is 96.9 Å². The van der Waals surface area contributed by atoms with Gasteiger partial charge in [0.15, 0.2) is 17.3 Å². The molecule has 1 fully saturated rings. The van der Waals surface area contributed by atoms with Crippen molar-refractivity contribution in [3.63, 3.8) is 0 Å². The summed E-state index contributed by atoms with van der Waals surface area (Å²) in [5.41, 5.74) is 7.06. The van der Waals surface area contributed by atoms with Crippen LogP contribution in [0.15, 0.2) is 83.9 Å². The third kappa shape index (κ3) is 4.77. The summed E-state index contributed by atoms with van der Waals surface area (Å²) in [6, 6.07) is 24.8. The zero-order valence-corrected chi connectivity index (χ0v) is 24.0. The Kier molecular flexibility index (Phi) is 6.78. The number of methoxy groups -OCH3 is 1. The van der Waals surface area contributed by atoms with E-state index in [1.165, 1.54) is 0 Å². The molecule has 0 bridgehead atoms. The normalized spacial score (nSPS) is 16.6. The van der Waals surface area contributed by atoms with E-state index in [1.54, 1.807) is 7.11 Å². The number of carbonyl (C=O) groups excluding carboxylic acids is 2. The maximum Gasteiger partial charge on any atom is 0.256 e. The minimum Gasteiger partial charge on any atom is -0.493 e. The molecule has 43 heavy (non-hydrogen) atoms. The van der Waals surface area contributed by atoms with Gasteiger partial charge in [-0.3, -0.25) is 14.6 Å². The van der Waals surface area contributed by atoms with Crippen LogP contribution in [0.4, 0.5) is 5.69 Å². The molecule has 0 spiro atoms. The van der Waals surface area contributed by atoms with Gasteiger partial charge in [0.2, 0.25) is 6.79 Å². The SMILES string of the molecule is COc1ccc(C=C2c3ccccc3C(=O)c3ccccc32)cc1OCOc1cc2c(cc1C)C(=O)N1CCC[C@H]1C=N2. The van der Waals surface area contributed by atoms with Crippen LogP contribution in [-0.4, -0.2) is 49.3 Å². The third-order valence-electron chi connectivity index (χ3n) is 8.32. The predicted molar refractivity (Wildman–Crippen MR) is 166 cm³/mol. The van der Waals surface area contributed by atoms with E-state index in [4.69, 9.17) is 14.2 Å². The lowest BCUT2D eigenvalue weighted by molar-refractivity contribution is 0.0774. The van der Waals surface area contributed by atoms with Crippen LogP contribution in [-0.2, 0) is 0 Å². The molecule has 0 unspecified atom stereocenters. The number of amides is 1. The molecule has 7 nitrogen and oxygen atoms in total. The molecule has 7 rings (SSSR count). The van der Waals surface area contributed by atoms with E-state index in [2.05, 4.69) is 11.1 Å². The highest BCUT2D eigenvalue weighted by molar-refractivity contribution is 6.20. The maximum absolute atomic E-state index is 13.2. The lowest BCUT2D eigenvalue weighted by atomic mass is 9.81. The topological polar surface area (TPSA) is 77.4 Å². The standard InChI is InChI=1S/C36H30N2O5/c1-22-16-30-31(37-20-24-8-7-15-38(24)36(30)40)19-33(22)42-21-43-34-18-23(13-14-32(34)41-2)17-29-25-9-3-5-11-27(25)35(39)28-12-6-4-10-26(28)29/h3-6,9-14,16-20,24H,7-8,15,21H2,1-2H3/t24-/m0/s1. The van der Waals surface area contributed by atoms with Gasteiger partial charge >= 0.3 is 0 Å². The van der Waals surface area contributed by atoms with Gasteiger partial charge in [0, 0.05) is 30.0 Å². The smallest absolute Gasteiger partial charge is 0.256 e. The molecular formula is C36H30N2O5. The Labute approximate surface area is 250 Å². The molecule has 3 aliphatic rings. The van der Waals surface area contributed by atoms with E-state index < -0.39 is 0 Å². The molecule has 0 radical (unpaired) electrons. The molecule has 0 aromatic heterocycles. The van der Waals surface area contributed by atoms with Gasteiger partial charge in [0.05, 0.1) is 24.4 Å². The Bertz CT molecular complexity index is 1790. The number of aryl methyl sites for hydroxylation is 1. The fourth-order valence-corrected chi connectivity index (χ4v) is 6.13. The van der Waals surface area contributed by atoms with Crippen molar-refractivity contribution >= 4 is 35.2 Å². The maximum atomic E-state index is 13.2. The Morgan fingerprint density at radius 1 is 0.837 bits per heavy atom. The van der Waals surface area contributed by atoms with Crippen LogP contribution in [0.1, 0.15) is 61.4 Å². The van der Waals surface area contributed by atoms with Gasteiger partial charge in [-0.25, -0.2) is 0 Å². The zero-order valence-electron chi connectivity index (χ0n) is 24.0. The molecule has 2 aliphatic heterocycles. The van der Waals surface area contributed by atoms with Crippen molar-refractivity contribution in [2.24, 2.45) is 4.99 Å². The lowest BCUT2D eigenvalue weighted by Gasteiger charge is -2.22. The fourth-order valence-electron chi connectivity index (χ4n) is 6.13. The largest absolute Gasteiger partial charge is 0.493 e. The number of carbonyl (C=O) groups is 2. The van der Waals surface area contributed by atoms with Gasteiger partial charge in [-0.1, -0.05) is 54.6 Å². The minimum absolute atomic E-state index is 0.0177. The Morgan fingerprint density at radius 2 is 1.53 bits per heavy atom. The van der Waals surface area contributed by atoms with Gasteiger partial charge in [-0.05, 0) is 71.9 Å². The van der Waals surface area contributed by atoms with Crippen molar-refractivity contribution in [3.05, 3.63) is 118 Å². The summed E-state index contributed by atoms with van der Waals surface area (Å²) < 4.78 is 17.7. The molecule has 1 amide bonds. The number of nitrogens with zero attached hydrogens (tertiary/aromatic N) is 2. The van der Waals surface area contributed by atoms with Crippen LogP contribution in [0.5, 0.6) is 17.2 Å². The number of ketones is 1. The number of benzene rings is 4. The van der Waals surface area contributed by atoms with Crippen molar-refractivity contribution < 1.29 is 23.8 Å². The zero-order chi connectivity index (χ0) is 29.5. The van der Waals surface area contributed by atoms with Gasteiger partial charge in [0.25, 0.3) is 5.91 Å². The lowest BCUT2D eigenvalue weighted by Crippen LogP contribution is -2.35. The molecule has 0 saturated carbocycles. The molecule has 7 heteroatoms. The Morgan fingerprint density at radius 3 is 2.26 bits per heavy atom. The van der Waals surface area contributed by atoms with Crippen molar-refractivity contribution in [3.8, 4) is 17.2 Å². The van der Waals surface area contributed by atoms with Crippen LogP contribution in [0, 0.1) is 6.92 Å². The summed E-state index contributed by atoms with van der Waals surface area (Å²) in [4.78, 5) is 32.8. The van der Waals surface area contributed by atoms with Gasteiger partial charge < -0.3 is 19.1 Å². The van der Waals surface area contributed by atoms with Crippen LogP contribution >= 0.6 is 0 Å². The quantitative estimate of drug-likeness (QED) is 0.208. The molecule has 0 N–H and O–H groups in total. The minimum atomic E-state index is -0.0669.